The Morgan fingerprint density at radius 3 is 2.83 bits per heavy atom. The number of carbonyl (C=O) groups excluding carboxylic acids is 1. The van der Waals surface area contributed by atoms with Crippen molar-refractivity contribution in [2.75, 3.05) is 33.2 Å². The lowest BCUT2D eigenvalue weighted by Crippen LogP contribution is -2.34. The highest BCUT2D eigenvalue weighted by Crippen LogP contribution is 2.17. The maximum absolute atomic E-state index is 12.9. The first kappa shape index (κ1) is 15.7. The number of amides is 1. The number of hydrogen-bond acceptors (Lipinski definition) is 4. The highest BCUT2D eigenvalue weighted by atomic mass is 16.2. The predicted molar refractivity (Wildman–Crippen MR) is 88.8 cm³/mol. The second-order valence-electron chi connectivity index (χ2n) is 5.91. The zero-order valence-corrected chi connectivity index (χ0v) is 13.8. The first-order valence-electron chi connectivity index (χ1n) is 8.17. The van der Waals surface area contributed by atoms with E-state index in [-0.39, 0.29) is 5.91 Å². The Labute approximate surface area is 136 Å². The van der Waals surface area contributed by atoms with Gasteiger partial charge in [-0.3, -0.25) is 4.79 Å². The summed E-state index contributed by atoms with van der Waals surface area (Å²) in [5.41, 5.74) is 1.62. The predicted octanol–water partition coefficient (Wildman–Crippen LogP) is 1.61. The van der Waals surface area contributed by atoms with Gasteiger partial charge in [-0.05, 0) is 38.6 Å². The summed E-state index contributed by atoms with van der Waals surface area (Å²) < 4.78 is 1.77. The maximum atomic E-state index is 12.9. The molecule has 1 saturated heterocycles. The molecule has 0 aliphatic carbocycles. The van der Waals surface area contributed by atoms with Crippen molar-refractivity contribution in [3.63, 3.8) is 0 Å². The molecule has 0 bridgehead atoms. The number of nitrogens with zero attached hydrogens (tertiary/aromatic N) is 5. The van der Waals surface area contributed by atoms with Crippen LogP contribution in [0, 0.1) is 0 Å². The normalized spacial score (nSPS) is 16.3. The number of hydrogen-bond donors (Lipinski definition) is 0. The zero-order valence-electron chi connectivity index (χ0n) is 13.8. The number of carbonyl (C=O) groups is 1. The highest BCUT2D eigenvalue weighted by molar-refractivity contribution is 5.95. The molecule has 0 unspecified atom stereocenters. The van der Waals surface area contributed by atoms with E-state index in [0.717, 1.165) is 50.5 Å². The van der Waals surface area contributed by atoms with E-state index in [9.17, 15) is 4.79 Å². The Morgan fingerprint density at radius 2 is 2.09 bits per heavy atom. The molecule has 122 valence electrons. The molecule has 3 heterocycles. The van der Waals surface area contributed by atoms with Gasteiger partial charge in [0.1, 0.15) is 0 Å². The molecule has 1 amide bonds. The molecule has 1 fully saturated rings. The first-order chi connectivity index (χ1) is 11.2. The molecule has 0 spiro atoms. The Balaban J connectivity index is 1.88. The Morgan fingerprint density at radius 1 is 1.22 bits per heavy atom. The van der Waals surface area contributed by atoms with Crippen LogP contribution in [-0.4, -0.2) is 63.7 Å². The van der Waals surface area contributed by atoms with Gasteiger partial charge in [-0.15, -0.1) is 0 Å². The van der Waals surface area contributed by atoms with E-state index in [1.165, 1.54) is 0 Å². The Bertz CT molecular complexity index is 667. The minimum atomic E-state index is 0.0827. The molecule has 0 atom stereocenters. The molecule has 1 aliphatic heterocycles. The molecule has 0 saturated carbocycles. The van der Waals surface area contributed by atoms with Crippen LogP contribution in [0.15, 0.2) is 30.6 Å². The average Bonchev–Trinajstić information content (AvgIpc) is 2.90. The van der Waals surface area contributed by atoms with Crippen LogP contribution in [-0.2, 0) is 6.42 Å². The van der Waals surface area contributed by atoms with Crippen molar-refractivity contribution < 1.29 is 4.79 Å². The first-order valence-corrected chi connectivity index (χ1v) is 8.17. The highest BCUT2D eigenvalue weighted by Gasteiger charge is 2.24. The molecular weight excluding hydrogens is 290 g/mol. The van der Waals surface area contributed by atoms with E-state index in [2.05, 4.69) is 22.0 Å². The standard InChI is InChI=1S/C17H23N5O/c1-3-15-14(13-19-22(15)16-7-4-5-8-18-16)17(23)21-10-6-9-20(2)11-12-21/h4-5,7-8,13H,3,6,9-12H2,1-2H3. The van der Waals surface area contributed by atoms with Gasteiger partial charge < -0.3 is 9.80 Å². The zero-order chi connectivity index (χ0) is 16.2. The Hall–Kier alpha value is -2.21. The second kappa shape index (κ2) is 6.91. The van der Waals surface area contributed by atoms with Crippen LogP contribution in [0.25, 0.3) is 5.82 Å². The van der Waals surface area contributed by atoms with Gasteiger partial charge in [0.25, 0.3) is 5.91 Å². The van der Waals surface area contributed by atoms with Crippen molar-refractivity contribution in [3.8, 4) is 5.82 Å². The smallest absolute Gasteiger partial charge is 0.257 e. The van der Waals surface area contributed by atoms with Crippen LogP contribution in [0.1, 0.15) is 29.4 Å². The van der Waals surface area contributed by atoms with Gasteiger partial charge in [-0.2, -0.15) is 5.10 Å². The molecule has 2 aromatic rings. The van der Waals surface area contributed by atoms with E-state index >= 15 is 0 Å². The van der Waals surface area contributed by atoms with E-state index in [1.807, 2.05) is 30.0 Å². The molecule has 0 radical (unpaired) electrons. The number of rotatable bonds is 3. The fourth-order valence-electron chi connectivity index (χ4n) is 2.99. The number of aromatic nitrogens is 3. The van der Waals surface area contributed by atoms with Crippen molar-refractivity contribution in [2.45, 2.75) is 19.8 Å². The summed E-state index contributed by atoms with van der Waals surface area (Å²) >= 11 is 0. The fourth-order valence-corrected chi connectivity index (χ4v) is 2.99. The lowest BCUT2D eigenvalue weighted by Gasteiger charge is -2.20. The monoisotopic (exact) mass is 313 g/mol. The van der Waals surface area contributed by atoms with Crippen molar-refractivity contribution in [1.82, 2.24) is 24.6 Å². The van der Waals surface area contributed by atoms with E-state index < -0.39 is 0 Å². The third-order valence-corrected chi connectivity index (χ3v) is 4.31. The van der Waals surface area contributed by atoms with Gasteiger partial charge in [-0.1, -0.05) is 13.0 Å². The molecule has 2 aromatic heterocycles. The molecule has 0 aromatic carbocycles. The largest absolute Gasteiger partial charge is 0.337 e. The lowest BCUT2D eigenvalue weighted by atomic mass is 10.1. The molecular formula is C17H23N5O. The molecule has 0 N–H and O–H groups in total. The maximum Gasteiger partial charge on any atom is 0.257 e. The van der Waals surface area contributed by atoms with Gasteiger partial charge in [0.05, 0.1) is 17.5 Å². The summed E-state index contributed by atoms with van der Waals surface area (Å²) in [5.74, 6) is 0.832. The van der Waals surface area contributed by atoms with Gasteiger partial charge in [-0.25, -0.2) is 9.67 Å². The molecule has 6 heteroatoms. The van der Waals surface area contributed by atoms with Crippen molar-refractivity contribution in [3.05, 3.63) is 41.9 Å². The van der Waals surface area contributed by atoms with Gasteiger partial charge in [0.15, 0.2) is 5.82 Å². The van der Waals surface area contributed by atoms with Gasteiger partial charge in [0, 0.05) is 25.8 Å². The van der Waals surface area contributed by atoms with Crippen molar-refractivity contribution in [1.29, 1.82) is 0 Å². The summed E-state index contributed by atoms with van der Waals surface area (Å²) in [6.07, 6.45) is 5.18. The minimum Gasteiger partial charge on any atom is -0.337 e. The third kappa shape index (κ3) is 3.27. The Kier molecular flexibility index (Phi) is 4.71. The van der Waals surface area contributed by atoms with Crippen LogP contribution >= 0.6 is 0 Å². The topological polar surface area (TPSA) is 54.3 Å². The average molecular weight is 313 g/mol. The van der Waals surface area contributed by atoms with E-state index in [0.29, 0.717) is 5.56 Å². The van der Waals surface area contributed by atoms with Gasteiger partial charge >= 0.3 is 0 Å². The van der Waals surface area contributed by atoms with Crippen LogP contribution in [0.2, 0.25) is 0 Å². The molecule has 3 rings (SSSR count). The molecule has 23 heavy (non-hydrogen) atoms. The third-order valence-electron chi connectivity index (χ3n) is 4.31. The summed E-state index contributed by atoms with van der Waals surface area (Å²) in [5, 5.41) is 4.41. The SMILES string of the molecule is CCc1c(C(=O)N2CCCN(C)CC2)cnn1-c1ccccn1. The number of pyridine rings is 1. The summed E-state index contributed by atoms with van der Waals surface area (Å²) in [4.78, 5) is 21.5. The van der Waals surface area contributed by atoms with Crippen LogP contribution in [0.4, 0.5) is 0 Å². The minimum absolute atomic E-state index is 0.0827. The van der Waals surface area contributed by atoms with E-state index in [1.54, 1.807) is 17.1 Å². The van der Waals surface area contributed by atoms with Crippen molar-refractivity contribution in [2.24, 2.45) is 0 Å². The van der Waals surface area contributed by atoms with Crippen LogP contribution in [0.3, 0.4) is 0 Å². The summed E-state index contributed by atoms with van der Waals surface area (Å²) in [6.45, 7) is 5.58. The fraction of sp³-hybridized carbons (Fsp3) is 0.471. The van der Waals surface area contributed by atoms with Crippen LogP contribution < -0.4 is 0 Å². The quantitative estimate of drug-likeness (QED) is 0.864. The second-order valence-corrected chi connectivity index (χ2v) is 5.91. The number of likely N-dealkylation sites (N-methyl/N-ethyl adjacent to an activating group) is 1. The van der Waals surface area contributed by atoms with Gasteiger partial charge in [0.2, 0.25) is 0 Å². The van der Waals surface area contributed by atoms with Crippen LogP contribution in [0.5, 0.6) is 0 Å². The van der Waals surface area contributed by atoms with E-state index in [4.69, 9.17) is 0 Å². The lowest BCUT2D eigenvalue weighted by molar-refractivity contribution is 0.0761. The summed E-state index contributed by atoms with van der Waals surface area (Å²) in [7, 11) is 2.10. The van der Waals surface area contributed by atoms with Crippen molar-refractivity contribution >= 4 is 5.91 Å². The molecule has 1 aliphatic rings. The molecule has 6 nitrogen and oxygen atoms in total. The summed E-state index contributed by atoms with van der Waals surface area (Å²) in [6, 6.07) is 5.70.